The Kier molecular flexibility index (Phi) is 4.09. The van der Waals surface area contributed by atoms with Gasteiger partial charge in [0.05, 0.1) is 0 Å². The fraction of sp³-hybridized carbons (Fsp3) is 0.273. The number of benzene rings is 1. The first-order valence-electron chi connectivity index (χ1n) is 4.75. The van der Waals surface area contributed by atoms with Gasteiger partial charge >= 0.3 is 0 Å². The number of anilines is 1. The van der Waals surface area contributed by atoms with Gasteiger partial charge in [-0.2, -0.15) is 0 Å². The molecule has 0 aliphatic heterocycles. The van der Waals surface area contributed by atoms with Gasteiger partial charge in [0.1, 0.15) is 5.69 Å². The molecule has 6 heteroatoms. The summed E-state index contributed by atoms with van der Waals surface area (Å²) in [7, 11) is 0. The van der Waals surface area contributed by atoms with Crippen LogP contribution >= 0.6 is 0 Å². The third kappa shape index (κ3) is 2.75. The van der Waals surface area contributed by atoms with E-state index in [1.54, 1.807) is 19.9 Å². The highest BCUT2D eigenvalue weighted by Crippen LogP contribution is 2.26. The van der Waals surface area contributed by atoms with Crippen LogP contribution in [0.15, 0.2) is 11.6 Å². The van der Waals surface area contributed by atoms with Gasteiger partial charge in [-0.05, 0) is 13.8 Å². The summed E-state index contributed by atoms with van der Waals surface area (Å²) in [6.45, 7) is 3.45. The summed E-state index contributed by atoms with van der Waals surface area (Å²) in [6.07, 6.45) is 1.55. The predicted molar refractivity (Wildman–Crippen MR) is 54.2 cm³/mol. The molecule has 0 saturated carbocycles. The van der Waals surface area contributed by atoms with Gasteiger partial charge in [0.25, 0.3) is 0 Å². The minimum absolute atomic E-state index is 0.0271. The van der Waals surface area contributed by atoms with Crippen molar-refractivity contribution in [2.24, 2.45) is 0 Å². The van der Waals surface area contributed by atoms with Gasteiger partial charge in [-0.1, -0.05) is 11.6 Å². The van der Waals surface area contributed by atoms with Gasteiger partial charge in [0, 0.05) is 6.54 Å². The second-order valence-corrected chi connectivity index (χ2v) is 3.61. The van der Waals surface area contributed by atoms with E-state index in [1.165, 1.54) is 0 Å². The topological polar surface area (TPSA) is 12.0 Å². The smallest absolute Gasteiger partial charge is 0.200 e. The molecule has 1 aromatic rings. The lowest BCUT2D eigenvalue weighted by Crippen LogP contribution is -2.10. The lowest BCUT2D eigenvalue weighted by molar-refractivity contribution is 0.381. The molecule has 0 fully saturated rings. The minimum Gasteiger partial charge on any atom is -0.377 e. The standard InChI is InChI=1S/C11H10F5N/c1-5(2)3-4-17-11-9(15)7(13)6(12)8(14)10(11)16/h3,17H,4H2,1-2H3. The molecule has 1 aromatic carbocycles. The first kappa shape index (κ1) is 13.5. The predicted octanol–water partition coefficient (Wildman–Crippen LogP) is 3.76. The van der Waals surface area contributed by atoms with Gasteiger partial charge in [-0.25, -0.2) is 22.0 Å². The van der Waals surface area contributed by atoms with Crippen LogP contribution in [0.4, 0.5) is 27.6 Å². The molecule has 0 aromatic heterocycles. The zero-order chi connectivity index (χ0) is 13.2. The number of hydrogen-bond acceptors (Lipinski definition) is 1. The Balaban J connectivity index is 3.12. The highest BCUT2D eigenvalue weighted by molar-refractivity contribution is 5.48. The quantitative estimate of drug-likeness (QED) is 0.373. The molecule has 0 atom stereocenters. The van der Waals surface area contributed by atoms with Gasteiger partial charge in [0.15, 0.2) is 23.3 Å². The summed E-state index contributed by atoms with van der Waals surface area (Å²) < 4.78 is 64.5. The molecule has 1 rings (SSSR count). The fourth-order valence-electron chi connectivity index (χ4n) is 1.12. The second-order valence-electron chi connectivity index (χ2n) is 3.61. The van der Waals surface area contributed by atoms with Crippen LogP contribution in [0.1, 0.15) is 13.8 Å². The second kappa shape index (κ2) is 5.16. The van der Waals surface area contributed by atoms with E-state index in [2.05, 4.69) is 5.32 Å². The maximum Gasteiger partial charge on any atom is 0.200 e. The van der Waals surface area contributed by atoms with Crippen LogP contribution in [0.2, 0.25) is 0 Å². The molecule has 0 heterocycles. The van der Waals surface area contributed by atoms with Crippen molar-refractivity contribution in [1.29, 1.82) is 0 Å². The Hall–Kier alpha value is -1.59. The van der Waals surface area contributed by atoms with E-state index in [0.29, 0.717) is 0 Å². The molecule has 94 valence electrons. The van der Waals surface area contributed by atoms with Crippen LogP contribution in [0, 0.1) is 29.1 Å². The Morgan fingerprint density at radius 2 is 1.29 bits per heavy atom. The Labute approximate surface area is 94.9 Å². The Bertz CT molecular complexity index is 434. The average molecular weight is 251 g/mol. The molecule has 1 N–H and O–H groups in total. The molecule has 0 bridgehead atoms. The van der Waals surface area contributed by atoms with Crippen molar-refractivity contribution in [3.8, 4) is 0 Å². The number of allylic oxidation sites excluding steroid dienone is 1. The Morgan fingerprint density at radius 1 is 0.882 bits per heavy atom. The van der Waals surface area contributed by atoms with E-state index in [9.17, 15) is 22.0 Å². The van der Waals surface area contributed by atoms with Crippen LogP contribution in [0.25, 0.3) is 0 Å². The molecular weight excluding hydrogens is 241 g/mol. The van der Waals surface area contributed by atoms with Crippen LogP contribution < -0.4 is 5.32 Å². The highest BCUT2D eigenvalue weighted by Gasteiger charge is 2.25. The van der Waals surface area contributed by atoms with Crippen LogP contribution in [-0.2, 0) is 0 Å². The molecule has 1 nitrogen and oxygen atoms in total. The summed E-state index contributed by atoms with van der Waals surface area (Å²) in [5, 5.41) is 2.15. The number of hydrogen-bond donors (Lipinski definition) is 1. The number of rotatable bonds is 3. The normalized spacial score (nSPS) is 10.3. The van der Waals surface area contributed by atoms with E-state index in [4.69, 9.17) is 0 Å². The van der Waals surface area contributed by atoms with Crippen molar-refractivity contribution in [3.63, 3.8) is 0 Å². The minimum atomic E-state index is -2.16. The molecule has 0 unspecified atom stereocenters. The molecule has 0 radical (unpaired) electrons. The molecule has 0 saturated heterocycles. The summed E-state index contributed by atoms with van der Waals surface area (Å²) in [4.78, 5) is 0. The first-order chi connectivity index (χ1) is 7.86. The van der Waals surface area contributed by atoms with E-state index >= 15 is 0 Å². The SMILES string of the molecule is CC(C)=CCNc1c(F)c(F)c(F)c(F)c1F. The first-order valence-corrected chi connectivity index (χ1v) is 4.75. The van der Waals surface area contributed by atoms with Crippen molar-refractivity contribution in [2.75, 3.05) is 11.9 Å². The van der Waals surface area contributed by atoms with E-state index in [-0.39, 0.29) is 6.54 Å². The summed E-state index contributed by atoms with van der Waals surface area (Å²) in [5.74, 6) is -9.79. The summed E-state index contributed by atoms with van der Waals surface area (Å²) >= 11 is 0. The monoisotopic (exact) mass is 251 g/mol. The van der Waals surface area contributed by atoms with Gasteiger partial charge < -0.3 is 5.32 Å². The third-order valence-electron chi connectivity index (χ3n) is 2.00. The van der Waals surface area contributed by atoms with E-state index in [1.807, 2.05) is 0 Å². The van der Waals surface area contributed by atoms with Crippen molar-refractivity contribution in [1.82, 2.24) is 0 Å². The zero-order valence-electron chi connectivity index (χ0n) is 9.17. The van der Waals surface area contributed by atoms with Crippen molar-refractivity contribution >= 4 is 5.69 Å². The molecule has 17 heavy (non-hydrogen) atoms. The summed E-state index contributed by atoms with van der Waals surface area (Å²) in [6, 6.07) is 0. The molecule has 0 aliphatic rings. The van der Waals surface area contributed by atoms with Gasteiger partial charge in [-0.3, -0.25) is 0 Å². The van der Waals surface area contributed by atoms with Crippen LogP contribution in [0.5, 0.6) is 0 Å². The van der Waals surface area contributed by atoms with E-state index < -0.39 is 34.8 Å². The largest absolute Gasteiger partial charge is 0.377 e. The van der Waals surface area contributed by atoms with Crippen molar-refractivity contribution in [2.45, 2.75) is 13.8 Å². The molecule has 0 spiro atoms. The fourth-order valence-corrected chi connectivity index (χ4v) is 1.12. The lowest BCUT2D eigenvalue weighted by Gasteiger charge is -2.09. The molecule has 0 amide bonds. The number of halogens is 5. The third-order valence-corrected chi connectivity index (χ3v) is 2.00. The Morgan fingerprint density at radius 3 is 1.71 bits per heavy atom. The maximum atomic E-state index is 13.1. The van der Waals surface area contributed by atoms with Gasteiger partial charge in [-0.15, -0.1) is 0 Å². The molecule has 0 aliphatic carbocycles. The van der Waals surface area contributed by atoms with Crippen molar-refractivity contribution in [3.05, 3.63) is 40.7 Å². The van der Waals surface area contributed by atoms with Crippen molar-refractivity contribution < 1.29 is 22.0 Å². The maximum absolute atomic E-state index is 13.1. The average Bonchev–Trinajstić information content (AvgIpc) is 2.28. The zero-order valence-corrected chi connectivity index (χ0v) is 9.17. The lowest BCUT2D eigenvalue weighted by atomic mass is 10.2. The van der Waals surface area contributed by atoms with Crippen LogP contribution in [0.3, 0.4) is 0 Å². The van der Waals surface area contributed by atoms with E-state index in [0.717, 1.165) is 5.57 Å². The summed E-state index contributed by atoms with van der Waals surface area (Å²) in [5.41, 5.74) is -0.166. The number of nitrogens with one attached hydrogen (secondary N) is 1. The van der Waals surface area contributed by atoms with Gasteiger partial charge in [0.2, 0.25) is 5.82 Å². The highest BCUT2D eigenvalue weighted by atomic mass is 19.2. The molecular formula is C11H10F5N. The van der Waals surface area contributed by atoms with Crippen LogP contribution in [-0.4, -0.2) is 6.54 Å².